The van der Waals surface area contributed by atoms with Crippen LogP contribution in [0.3, 0.4) is 0 Å². The normalized spacial score (nSPS) is 29.0. The van der Waals surface area contributed by atoms with Crippen molar-refractivity contribution in [1.29, 1.82) is 0 Å². The molecule has 0 aromatic rings. The van der Waals surface area contributed by atoms with Crippen LogP contribution in [0.5, 0.6) is 0 Å². The number of nitrogens with two attached hydrogens (primary N) is 2. The lowest BCUT2D eigenvalue weighted by Gasteiger charge is -2.41. The molecule has 0 radical (unpaired) electrons. The number of piperidine rings is 1. The van der Waals surface area contributed by atoms with E-state index in [2.05, 4.69) is 11.8 Å². The van der Waals surface area contributed by atoms with Gasteiger partial charge in [-0.25, -0.2) is 0 Å². The summed E-state index contributed by atoms with van der Waals surface area (Å²) in [4.78, 5) is 13.3. The average molecular weight is 199 g/mol. The third-order valence-corrected chi connectivity index (χ3v) is 3.17. The van der Waals surface area contributed by atoms with Crippen LogP contribution in [0.1, 0.15) is 26.2 Å². The van der Waals surface area contributed by atoms with Crippen LogP contribution in [0.2, 0.25) is 0 Å². The van der Waals surface area contributed by atoms with E-state index in [9.17, 15) is 4.79 Å². The highest BCUT2D eigenvalue weighted by Gasteiger charge is 2.35. The predicted molar refractivity (Wildman–Crippen MR) is 56.6 cm³/mol. The fourth-order valence-electron chi connectivity index (χ4n) is 2.33. The minimum absolute atomic E-state index is 0.0555. The van der Waals surface area contributed by atoms with E-state index in [1.807, 2.05) is 0 Å². The Morgan fingerprint density at radius 2 is 2.29 bits per heavy atom. The Hall–Kier alpha value is -0.610. The summed E-state index contributed by atoms with van der Waals surface area (Å²) in [6, 6.07) is 0. The summed E-state index contributed by atoms with van der Waals surface area (Å²) in [5.74, 6) is -0.228. The van der Waals surface area contributed by atoms with Gasteiger partial charge in [0.2, 0.25) is 5.91 Å². The van der Waals surface area contributed by atoms with Crippen molar-refractivity contribution in [2.45, 2.75) is 26.2 Å². The highest BCUT2D eigenvalue weighted by atomic mass is 16.1. The zero-order valence-corrected chi connectivity index (χ0v) is 8.96. The van der Waals surface area contributed by atoms with Crippen molar-refractivity contribution < 1.29 is 4.79 Å². The number of amides is 1. The molecule has 1 aliphatic rings. The summed E-state index contributed by atoms with van der Waals surface area (Å²) >= 11 is 0. The molecule has 0 spiro atoms. The maximum atomic E-state index is 11.0. The van der Waals surface area contributed by atoms with E-state index >= 15 is 0 Å². The van der Waals surface area contributed by atoms with Crippen LogP contribution in [0.4, 0.5) is 0 Å². The topological polar surface area (TPSA) is 72.3 Å². The van der Waals surface area contributed by atoms with Crippen molar-refractivity contribution in [2.24, 2.45) is 16.9 Å². The van der Waals surface area contributed by atoms with Crippen LogP contribution in [0.25, 0.3) is 0 Å². The molecule has 0 aliphatic carbocycles. The van der Waals surface area contributed by atoms with E-state index in [1.165, 1.54) is 0 Å². The summed E-state index contributed by atoms with van der Waals surface area (Å²) in [7, 11) is 0. The molecule has 1 rings (SSSR count). The number of rotatable bonds is 4. The highest BCUT2D eigenvalue weighted by molar-refractivity contribution is 5.74. The lowest BCUT2D eigenvalue weighted by Crippen LogP contribution is -2.48. The molecule has 1 atom stereocenters. The van der Waals surface area contributed by atoms with E-state index in [1.54, 1.807) is 0 Å². The quantitative estimate of drug-likeness (QED) is 0.665. The molecule has 1 unspecified atom stereocenters. The van der Waals surface area contributed by atoms with Crippen LogP contribution in [-0.2, 0) is 4.79 Å². The Balaban J connectivity index is 2.62. The van der Waals surface area contributed by atoms with Gasteiger partial charge in [0.05, 0.1) is 0 Å². The van der Waals surface area contributed by atoms with Gasteiger partial charge >= 0.3 is 0 Å². The molecule has 4 N–H and O–H groups in total. The van der Waals surface area contributed by atoms with Gasteiger partial charge in [-0.05, 0) is 32.5 Å². The SMILES string of the molecule is CCN1CCCC(CN)(CC(N)=O)C1. The first-order chi connectivity index (χ1) is 6.62. The third kappa shape index (κ3) is 2.69. The van der Waals surface area contributed by atoms with E-state index in [-0.39, 0.29) is 11.3 Å². The Bertz CT molecular complexity index is 208. The molecule has 4 nitrogen and oxygen atoms in total. The zero-order chi connectivity index (χ0) is 10.6. The summed E-state index contributed by atoms with van der Waals surface area (Å²) in [5.41, 5.74) is 11.0. The van der Waals surface area contributed by atoms with Gasteiger partial charge in [0, 0.05) is 18.4 Å². The lowest BCUT2D eigenvalue weighted by atomic mass is 9.77. The van der Waals surface area contributed by atoms with Crippen LogP contribution in [0.15, 0.2) is 0 Å². The lowest BCUT2D eigenvalue weighted by molar-refractivity contribution is -0.121. The van der Waals surface area contributed by atoms with Crippen molar-refractivity contribution in [3.05, 3.63) is 0 Å². The number of carbonyl (C=O) groups is 1. The van der Waals surface area contributed by atoms with Gasteiger partial charge in [0.25, 0.3) is 0 Å². The van der Waals surface area contributed by atoms with E-state index in [0.717, 1.165) is 32.5 Å². The first-order valence-corrected chi connectivity index (χ1v) is 5.32. The molecule has 4 heteroatoms. The van der Waals surface area contributed by atoms with Crippen molar-refractivity contribution in [3.63, 3.8) is 0 Å². The van der Waals surface area contributed by atoms with Crippen LogP contribution in [-0.4, -0.2) is 37.0 Å². The van der Waals surface area contributed by atoms with E-state index in [4.69, 9.17) is 11.5 Å². The molecule has 14 heavy (non-hydrogen) atoms. The number of hydrogen-bond acceptors (Lipinski definition) is 3. The van der Waals surface area contributed by atoms with Gasteiger partial charge in [0.15, 0.2) is 0 Å². The molecule has 1 saturated heterocycles. The third-order valence-electron chi connectivity index (χ3n) is 3.17. The molecule has 0 bridgehead atoms. The fraction of sp³-hybridized carbons (Fsp3) is 0.900. The van der Waals surface area contributed by atoms with Crippen molar-refractivity contribution in [2.75, 3.05) is 26.2 Å². The monoisotopic (exact) mass is 199 g/mol. The predicted octanol–water partition coefficient (Wildman–Crippen LogP) is -0.0774. The second-order valence-electron chi connectivity index (χ2n) is 4.32. The molecule has 1 aliphatic heterocycles. The Kier molecular flexibility index (Phi) is 3.89. The molecule has 1 heterocycles. The van der Waals surface area contributed by atoms with Crippen molar-refractivity contribution >= 4 is 5.91 Å². The Morgan fingerprint density at radius 1 is 1.57 bits per heavy atom. The van der Waals surface area contributed by atoms with Gasteiger partial charge in [-0.15, -0.1) is 0 Å². The van der Waals surface area contributed by atoms with Crippen LogP contribution in [0, 0.1) is 5.41 Å². The number of hydrogen-bond donors (Lipinski definition) is 2. The van der Waals surface area contributed by atoms with Gasteiger partial charge < -0.3 is 16.4 Å². The first kappa shape index (κ1) is 11.5. The fourth-order valence-corrected chi connectivity index (χ4v) is 2.33. The second kappa shape index (κ2) is 4.75. The smallest absolute Gasteiger partial charge is 0.218 e. The molecule has 0 saturated carbocycles. The van der Waals surface area contributed by atoms with Gasteiger partial charge in [-0.2, -0.15) is 0 Å². The molecule has 1 amide bonds. The second-order valence-corrected chi connectivity index (χ2v) is 4.32. The van der Waals surface area contributed by atoms with E-state index < -0.39 is 0 Å². The van der Waals surface area contributed by atoms with Gasteiger partial charge in [0.1, 0.15) is 0 Å². The highest BCUT2D eigenvalue weighted by Crippen LogP contribution is 2.31. The van der Waals surface area contributed by atoms with Crippen LogP contribution < -0.4 is 11.5 Å². The molecule has 1 fully saturated rings. The van der Waals surface area contributed by atoms with Gasteiger partial charge in [-0.3, -0.25) is 4.79 Å². The summed E-state index contributed by atoms with van der Waals surface area (Å²) in [6.07, 6.45) is 2.58. The standard InChI is InChI=1S/C10H21N3O/c1-2-13-5-3-4-10(7-11,8-13)6-9(12)14/h2-8,11H2,1H3,(H2,12,14). The number of carbonyl (C=O) groups excluding carboxylic acids is 1. The molecular weight excluding hydrogens is 178 g/mol. The number of primary amides is 1. The average Bonchev–Trinajstić information content (AvgIpc) is 2.17. The minimum atomic E-state index is -0.228. The molecular formula is C10H21N3O. The molecule has 0 aromatic heterocycles. The summed E-state index contributed by atoms with van der Waals surface area (Å²) in [6.45, 7) is 5.77. The maximum absolute atomic E-state index is 11.0. The summed E-state index contributed by atoms with van der Waals surface area (Å²) in [5, 5.41) is 0. The van der Waals surface area contributed by atoms with Gasteiger partial charge in [-0.1, -0.05) is 6.92 Å². The first-order valence-electron chi connectivity index (χ1n) is 5.32. The Labute approximate surface area is 85.6 Å². The Morgan fingerprint density at radius 3 is 2.79 bits per heavy atom. The molecule has 0 aromatic carbocycles. The summed E-state index contributed by atoms with van der Waals surface area (Å²) < 4.78 is 0. The van der Waals surface area contributed by atoms with E-state index in [0.29, 0.717) is 13.0 Å². The number of nitrogens with zero attached hydrogens (tertiary/aromatic N) is 1. The maximum Gasteiger partial charge on any atom is 0.218 e. The minimum Gasteiger partial charge on any atom is -0.370 e. The van der Waals surface area contributed by atoms with Crippen LogP contribution >= 0.6 is 0 Å². The van der Waals surface area contributed by atoms with Crippen molar-refractivity contribution in [1.82, 2.24) is 4.90 Å². The molecule has 82 valence electrons. The largest absolute Gasteiger partial charge is 0.370 e. The zero-order valence-electron chi connectivity index (χ0n) is 8.96. The van der Waals surface area contributed by atoms with Crippen molar-refractivity contribution in [3.8, 4) is 0 Å². The number of likely N-dealkylation sites (tertiary alicyclic amines) is 1.